The van der Waals surface area contributed by atoms with Gasteiger partial charge in [-0.1, -0.05) is 37.6 Å². The summed E-state index contributed by atoms with van der Waals surface area (Å²) in [6, 6.07) is 12.9. The van der Waals surface area contributed by atoms with Gasteiger partial charge in [-0.3, -0.25) is 14.9 Å². The summed E-state index contributed by atoms with van der Waals surface area (Å²) < 4.78 is 42.2. The van der Waals surface area contributed by atoms with Gasteiger partial charge in [0, 0.05) is 47.3 Å². The van der Waals surface area contributed by atoms with Crippen LogP contribution in [0.5, 0.6) is 11.5 Å². The molecule has 2 fully saturated rings. The average Bonchev–Trinajstić information content (AvgIpc) is 3.48. The standard InChI is InChI=1S/C43H55N7O8S2/c1-26(2)45-40-47-33(24-59-40)32-22-35(29-17-16-27(57-6)20-31(29)46-32)58-28-21-34(50(23-28)39(53)41(3,4)54)37(51)48-43-25-42(43,5)18-12-8-7-9-13-19-44-30-14-10-11-15-36(30)60(55,56)49-38(43)52/h10-12,14-18,20,22,24,26,28,34,37,44,48,51,54H,7-9,13,19,21,23,25H2,1-6H3,(H,45,47)(H,49,52)/b18-12-/t28-,34+,37?,42?,43+/m1/s1. The van der Waals surface area contributed by atoms with Crippen LogP contribution in [0.2, 0.25) is 0 Å². The van der Waals surface area contributed by atoms with Gasteiger partial charge in [-0.05, 0) is 77.6 Å². The van der Waals surface area contributed by atoms with E-state index in [0.29, 0.717) is 46.0 Å². The van der Waals surface area contributed by atoms with Crippen LogP contribution < -0.4 is 30.1 Å². The van der Waals surface area contributed by atoms with Crippen LogP contribution in [-0.4, -0.2) is 101 Å². The molecule has 0 bridgehead atoms. The number of allylic oxidation sites excluding steroid dienone is 1. The number of nitrogens with one attached hydrogen (secondary N) is 4. The number of aliphatic hydroxyl groups is 2. The molecule has 2 unspecified atom stereocenters. The molecule has 17 heteroatoms. The summed E-state index contributed by atoms with van der Waals surface area (Å²) in [6.07, 6.45) is 5.40. The second-order valence-electron chi connectivity index (χ2n) is 17.0. The third-order valence-corrected chi connectivity index (χ3v) is 13.6. The molecule has 6 N–H and O–H groups in total. The van der Waals surface area contributed by atoms with Crippen LogP contribution in [0, 0.1) is 5.41 Å². The fraction of sp³-hybridized carbons (Fsp3) is 0.488. The summed E-state index contributed by atoms with van der Waals surface area (Å²) in [7, 11) is -2.78. The van der Waals surface area contributed by atoms with Crippen LogP contribution >= 0.6 is 11.3 Å². The molecule has 7 rings (SSSR count). The van der Waals surface area contributed by atoms with E-state index < -0.39 is 56.8 Å². The van der Waals surface area contributed by atoms with Gasteiger partial charge < -0.3 is 35.2 Å². The first-order chi connectivity index (χ1) is 28.4. The third kappa shape index (κ3) is 8.96. The second kappa shape index (κ2) is 16.9. The lowest BCUT2D eigenvalue weighted by Gasteiger charge is -2.35. The lowest BCUT2D eigenvalue weighted by atomic mass is 9.98. The maximum atomic E-state index is 14.4. The Hall–Kier alpha value is -4.81. The number of methoxy groups -OCH3 is 1. The molecule has 0 radical (unpaired) electrons. The van der Waals surface area contributed by atoms with Crippen LogP contribution in [0.3, 0.4) is 0 Å². The van der Waals surface area contributed by atoms with E-state index in [4.69, 9.17) is 19.4 Å². The molecule has 2 amide bonds. The van der Waals surface area contributed by atoms with Crippen LogP contribution in [0.4, 0.5) is 10.8 Å². The third-order valence-electron chi connectivity index (χ3n) is 11.4. The number of pyridine rings is 1. The summed E-state index contributed by atoms with van der Waals surface area (Å²) >= 11 is 1.46. The number of sulfonamides is 1. The lowest BCUT2D eigenvalue weighted by molar-refractivity contribution is -0.151. The Kier molecular flexibility index (Phi) is 12.2. The Morgan fingerprint density at radius 2 is 1.88 bits per heavy atom. The van der Waals surface area contributed by atoms with Gasteiger partial charge >= 0.3 is 0 Å². The van der Waals surface area contributed by atoms with Crippen molar-refractivity contribution < 1.29 is 37.7 Å². The van der Waals surface area contributed by atoms with E-state index in [0.717, 1.165) is 30.8 Å². The highest BCUT2D eigenvalue weighted by Gasteiger charge is 2.69. The number of carbonyl (C=O) groups excluding carboxylic acids is 2. The number of benzene rings is 2. The monoisotopic (exact) mass is 861 g/mol. The Labute approximate surface area is 355 Å². The van der Waals surface area contributed by atoms with E-state index in [1.807, 2.05) is 44.4 Å². The Morgan fingerprint density at radius 1 is 1.10 bits per heavy atom. The molecule has 5 atom stereocenters. The van der Waals surface area contributed by atoms with Crippen molar-refractivity contribution >= 4 is 54.9 Å². The number of carbonyl (C=O) groups is 2. The van der Waals surface area contributed by atoms with Crippen molar-refractivity contribution in [2.75, 3.05) is 30.8 Å². The van der Waals surface area contributed by atoms with E-state index in [-0.39, 0.29) is 30.3 Å². The second-order valence-corrected chi connectivity index (χ2v) is 19.5. The number of amides is 2. The van der Waals surface area contributed by atoms with Gasteiger partial charge in [-0.25, -0.2) is 23.1 Å². The van der Waals surface area contributed by atoms with Crippen molar-refractivity contribution in [3.8, 4) is 22.9 Å². The Morgan fingerprint density at radius 3 is 2.63 bits per heavy atom. The van der Waals surface area contributed by atoms with E-state index >= 15 is 0 Å². The number of nitrogens with zero attached hydrogens (tertiary/aromatic N) is 3. The van der Waals surface area contributed by atoms with Crippen LogP contribution in [0.15, 0.2) is 71.0 Å². The quantitative estimate of drug-likeness (QED) is 0.0874. The molecular weight excluding hydrogens is 807 g/mol. The molecule has 1 saturated heterocycles. The largest absolute Gasteiger partial charge is 0.497 e. The number of fused-ring (bicyclic) bond motifs is 3. The molecule has 60 heavy (non-hydrogen) atoms. The number of thiazole rings is 1. The zero-order valence-electron chi connectivity index (χ0n) is 34.8. The Balaban J connectivity index is 1.20. The number of anilines is 2. The van der Waals surface area contributed by atoms with Crippen molar-refractivity contribution in [1.82, 2.24) is 24.9 Å². The molecule has 322 valence electrons. The van der Waals surface area contributed by atoms with E-state index in [1.54, 1.807) is 43.5 Å². The molecule has 1 aliphatic carbocycles. The number of likely N-dealkylation sites (tertiary alicyclic amines) is 1. The van der Waals surface area contributed by atoms with Gasteiger partial charge in [0.1, 0.15) is 45.6 Å². The fourth-order valence-corrected chi connectivity index (χ4v) is 10.2. The molecule has 4 aromatic rings. The van der Waals surface area contributed by atoms with Crippen molar-refractivity contribution in [3.05, 3.63) is 66.1 Å². The number of aromatic nitrogens is 2. The predicted octanol–water partition coefficient (Wildman–Crippen LogP) is 5.41. The smallest absolute Gasteiger partial charge is 0.266 e. The normalized spacial score (nSPS) is 25.5. The van der Waals surface area contributed by atoms with Crippen LogP contribution in [0.1, 0.15) is 73.1 Å². The van der Waals surface area contributed by atoms with E-state index in [2.05, 4.69) is 20.7 Å². The van der Waals surface area contributed by atoms with Crippen LogP contribution in [0.25, 0.3) is 22.3 Å². The molecule has 1 saturated carbocycles. The minimum atomic E-state index is -4.36. The molecule has 0 spiro atoms. The van der Waals surface area contributed by atoms with Crippen LogP contribution in [-0.2, 0) is 19.6 Å². The highest BCUT2D eigenvalue weighted by atomic mass is 32.2. The number of ether oxygens (including phenoxy) is 2. The first kappa shape index (κ1) is 43.3. The molecule has 2 aromatic carbocycles. The zero-order chi connectivity index (χ0) is 43.0. The minimum Gasteiger partial charge on any atom is -0.497 e. The maximum absolute atomic E-state index is 14.4. The van der Waals surface area contributed by atoms with Gasteiger partial charge in [0.25, 0.3) is 21.8 Å². The van der Waals surface area contributed by atoms with E-state index in [9.17, 15) is 28.2 Å². The summed E-state index contributed by atoms with van der Waals surface area (Å²) in [5.74, 6) is -0.411. The molecule has 2 aromatic heterocycles. The number of aliphatic hydroxyl groups excluding tert-OH is 1. The SMILES string of the molecule is COc1ccc2c(O[C@@H]3C[C@@H](C(O)N[C@]45CC4(C)/C=C\CCCCCNc4ccccc4S(=O)(=O)NC5=O)N(C(=O)C(C)(C)O)C3)cc(-c3csc(NC(C)C)n3)nc2c1. The van der Waals surface area contributed by atoms with Gasteiger partial charge in [-0.2, -0.15) is 0 Å². The molecular formula is C43H55N7O8S2. The lowest BCUT2D eigenvalue weighted by Crippen LogP contribution is -2.60. The average molecular weight is 862 g/mol. The molecule has 15 nitrogen and oxygen atoms in total. The molecule has 3 aliphatic rings. The topological polar surface area (TPSA) is 204 Å². The fourth-order valence-electron chi connectivity index (χ4n) is 8.13. The summed E-state index contributed by atoms with van der Waals surface area (Å²) in [4.78, 5) is 39.2. The zero-order valence-corrected chi connectivity index (χ0v) is 36.5. The number of para-hydroxylation sites is 1. The molecule has 2 aliphatic heterocycles. The van der Waals surface area contributed by atoms with Gasteiger partial charge in [0.2, 0.25) is 0 Å². The van der Waals surface area contributed by atoms with Crippen molar-refractivity contribution in [2.24, 2.45) is 5.41 Å². The maximum Gasteiger partial charge on any atom is 0.266 e. The van der Waals surface area contributed by atoms with Gasteiger partial charge in [-0.15, -0.1) is 11.3 Å². The minimum absolute atomic E-state index is 0.00474. The number of rotatable bonds is 10. The van der Waals surface area contributed by atoms with Crippen molar-refractivity contribution in [1.29, 1.82) is 0 Å². The molecule has 4 heterocycles. The van der Waals surface area contributed by atoms with Gasteiger partial charge in [0.05, 0.1) is 36.6 Å². The summed E-state index contributed by atoms with van der Waals surface area (Å²) in [5.41, 5.74) is -2.07. The highest BCUT2D eigenvalue weighted by Crippen LogP contribution is 2.58. The van der Waals surface area contributed by atoms with Gasteiger partial charge in [0.15, 0.2) is 5.13 Å². The summed E-state index contributed by atoms with van der Waals surface area (Å²) in [6.45, 7) is 9.22. The predicted molar refractivity (Wildman–Crippen MR) is 231 cm³/mol. The Bertz CT molecular complexity index is 2380. The van der Waals surface area contributed by atoms with Crippen molar-refractivity contribution in [2.45, 2.75) is 114 Å². The van der Waals surface area contributed by atoms with Crippen molar-refractivity contribution in [3.63, 3.8) is 0 Å². The first-order valence-corrected chi connectivity index (χ1v) is 22.7. The number of hydrogen-bond acceptors (Lipinski definition) is 14. The summed E-state index contributed by atoms with van der Waals surface area (Å²) in [5, 5.41) is 36.1. The number of hydrogen-bond donors (Lipinski definition) is 6. The highest BCUT2D eigenvalue weighted by molar-refractivity contribution is 7.90. The first-order valence-electron chi connectivity index (χ1n) is 20.4. The van der Waals surface area contributed by atoms with E-state index in [1.165, 1.54) is 36.2 Å².